The van der Waals surface area contributed by atoms with Gasteiger partial charge in [0, 0.05) is 25.0 Å². The summed E-state index contributed by atoms with van der Waals surface area (Å²) in [4.78, 5) is 2.44. The number of benzene rings is 1. The van der Waals surface area contributed by atoms with E-state index in [1.807, 2.05) is 20.0 Å². The zero-order chi connectivity index (χ0) is 14.3. The third-order valence-electron chi connectivity index (χ3n) is 3.12. The van der Waals surface area contributed by atoms with E-state index in [-0.39, 0.29) is 0 Å². The molecule has 2 heteroatoms. The zero-order valence-corrected chi connectivity index (χ0v) is 12.7. The normalized spacial score (nSPS) is 13.5. The molecule has 0 saturated carbocycles. The maximum atomic E-state index is 3.64. The summed E-state index contributed by atoms with van der Waals surface area (Å²) < 4.78 is 0. The van der Waals surface area contributed by atoms with Crippen LogP contribution in [0.25, 0.3) is 0 Å². The molecule has 104 valence electrons. The van der Waals surface area contributed by atoms with Gasteiger partial charge in [0.15, 0.2) is 0 Å². The highest BCUT2D eigenvalue weighted by Gasteiger charge is 2.18. The highest BCUT2D eigenvalue weighted by molar-refractivity contribution is 5.60. The molecule has 2 nitrogen and oxygen atoms in total. The lowest BCUT2D eigenvalue weighted by molar-refractivity contribution is 0.873. The Labute approximate surface area is 117 Å². The van der Waals surface area contributed by atoms with Gasteiger partial charge in [-0.15, -0.1) is 0 Å². The number of fused-ring (bicyclic) bond motifs is 1. The average Bonchev–Trinajstić information content (AvgIpc) is 2.81. The van der Waals surface area contributed by atoms with Gasteiger partial charge in [0.25, 0.3) is 0 Å². The van der Waals surface area contributed by atoms with Crippen molar-refractivity contribution in [1.29, 1.82) is 0 Å². The SMILES string of the molecule is C=CN/C=C(\C)CN1CCc2ccc(C)cc21.CC. The Kier molecular flexibility index (Phi) is 6.20. The second-order valence-electron chi connectivity index (χ2n) is 4.67. The Morgan fingerprint density at radius 1 is 1.42 bits per heavy atom. The molecule has 19 heavy (non-hydrogen) atoms. The first-order valence-corrected chi connectivity index (χ1v) is 7.08. The Morgan fingerprint density at radius 3 is 2.84 bits per heavy atom. The first kappa shape index (κ1) is 15.4. The fourth-order valence-electron chi connectivity index (χ4n) is 2.27. The van der Waals surface area contributed by atoms with E-state index < -0.39 is 0 Å². The number of anilines is 1. The molecule has 1 N–H and O–H groups in total. The molecule has 0 spiro atoms. The van der Waals surface area contributed by atoms with Crippen LogP contribution in [0.2, 0.25) is 0 Å². The predicted octanol–water partition coefficient (Wildman–Crippen LogP) is 4.02. The summed E-state index contributed by atoms with van der Waals surface area (Å²) in [6.45, 7) is 14.0. The molecule has 0 aliphatic carbocycles. The fourth-order valence-corrected chi connectivity index (χ4v) is 2.27. The third-order valence-corrected chi connectivity index (χ3v) is 3.12. The molecule has 0 atom stereocenters. The van der Waals surface area contributed by atoms with Gasteiger partial charge in [0.2, 0.25) is 0 Å². The maximum absolute atomic E-state index is 3.64. The monoisotopic (exact) mass is 258 g/mol. The number of hydrogen-bond acceptors (Lipinski definition) is 2. The molecule has 1 aliphatic rings. The van der Waals surface area contributed by atoms with Gasteiger partial charge in [-0.2, -0.15) is 0 Å². The predicted molar refractivity (Wildman–Crippen MR) is 85.5 cm³/mol. The van der Waals surface area contributed by atoms with Gasteiger partial charge in [-0.05, 0) is 49.2 Å². The van der Waals surface area contributed by atoms with Crippen molar-refractivity contribution >= 4 is 5.69 Å². The number of hydrogen-bond donors (Lipinski definition) is 1. The summed E-state index contributed by atoms with van der Waals surface area (Å²) in [7, 11) is 0. The van der Waals surface area contributed by atoms with Gasteiger partial charge in [-0.25, -0.2) is 0 Å². The van der Waals surface area contributed by atoms with Crippen molar-refractivity contribution in [1.82, 2.24) is 5.32 Å². The Hall–Kier alpha value is -1.70. The molecule has 0 unspecified atom stereocenters. The average molecular weight is 258 g/mol. The minimum Gasteiger partial charge on any atom is -0.368 e. The molecule has 0 fully saturated rings. The molecule has 1 aromatic rings. The Balaban J connectivity index is 0.000000861. The largest absolute Gasteiger partial charge is 0.368 e. The number of nitrogens with zero attached hydrogens (tertiary/aromatic N) is 1. The van der Waals surface area contributed by atoms with Crippen LogP contribution < -0.4 is 10.2 Å². The van der Waals surface area contributed by atoms with E-state index in [0.29, 0.717) is 0 Å². The summed E-state index contributed by atoms with van der Waals surface area (Å²) in [5.41, 5.74) is 5.53. The summed E-state index contributed by atoms with van der Waals surface area (Å²) in [5.74, 6) is 0. The van der Waals surface area contributed by atoms with Gasteiger partial charge in [0.05, 0.1) is 0 Å². The van der Waals surface area contributed by atoms with Crippen molar-refractivity contribution in [2.24, 2.45) is 0 Å². The zero-order valence-electron chi connectivity index (χ0n) is 12.7. The van der Waals surface area contributed by atoms with Crippen LogP contribution in [-0.2, 0) is 6.42 Å². The third kappa shape index (κ3) is 4.16. The van der Waals surface area contributed by atoms with Crippen LogP contribution >= 0.6 is 0 Å². The molecule has 0 amide bonds. The molecule has 0 bridgehead atoms. The molecule has 0 aromatic heterocycles. The summed E-state index contributed by atoms with van der Waals surface area (Å²) >= 11 is 0. The summed E-state index contributed by atoms with van der Waals surface area (Å²) in [6, 6.07) is 6.74. The van der Waals surface area contributed by atoms with Crippen molar-refractivity contribution in [3.05, 3.63) is 53.9 Å². The van der Waals surface area contributed by atoms with Gasteiger partial charge >= 0.3 is 0 Å². The lowest BCUT2D eigenvalue weighted by Gasteiger charge is -2.20. The van der Waals surface area contributed by atoms with Crippen LogP contribution in [0.5, 0.6) is 0 Å². The van der Waals surface area contributed by atoms with Gasteiger partial charge in [-0.1, -0.05) is 32.6 Å². The van der Waals surface area contributed by atoms with Gasteiger partial charge in [-0.3, -0.25) is 0 Å². The molecule has 0 radical (unpaired) electrons. The lowest BCUT2D eigenvalue weighted by Crippen LogP contribution is -2.23. The van der Waals surface area contributed by atoms with Crippen LogP contribution in [0.4, 0.5) is 5.69 Å². The van der Waals surface area contributed by atoms with Crippen molar-refractivity contribution in [3.63, 3.8) is 0 Å². The van der Waals surface area contributed by atoms with Crippen molar-refractivity contribution in [3.8, 4) is 0 Å². The molecular weight excluding hydrogens is 232 g/mol. The van der Waals surface area contributed by atoms with Crippen LogP contribution in [0, 0.1) is 6.92 Å². The van der Waals surface area contributed by atoms with Crippen LogP contribution in [-0.4, -0.2) is 13.1 Å². The fraction of sp³-hybridized carbons (Fsp3) is 0.412. The number of rotatable bonds is 4. The van der Waals surface area contributed by atoms with E-state index in [1.54, 1.807) is 6.20 Å². The minimum atomic E-state index is 0.983. The summed E-state index contributed by atoms with van der Waals surface area (Å²) in [5, 5.41) is 3.03. The molecule has 2 rings (SSSR count). The number of aryl methyl sites for hydroxylation is 1. The van der Waals surface area contributed by atoms with Crippen molar-refractivity contribution in [2.45, 2.75) is 34.1 Å². The van der Waals surface area contributed by atoms with Crippen LogP contribution in [0.15, 0.2) is 42.8 Å². The Bertz CT molecular complexity index is 447. The molecule has 1 aromatic carbocycles. The smallest absolute Gasteiger partial charge is 0.0405 e. The second kappa shape index (κ2) is 7.67. The molecule has 0 saturated heterocycles. The highest BCUT2D eigenvalue weighted by atomic mass is 15.1. The Morgan fingerprint density at radius 2 is 2.16 bits per heavy atom. The van der Waals surface area contributed by atoms with E-state index in [4.69, 9.17) is 0 Å². The van der Waals surface area contributed by atoms with Crippen LogP contribution in [0.3, 0.4) is 0 Å². The highest BCUT2D eigenvalue weighted by Crippen LogP contribution is 2.29. The number of nitrogens with one attached hydrogen (secondary N) is 1. The standard InChI is InChI=1S/C15H20N2.C2H6/c1-4-16-10-13(3)11-17-8-7-14-6-5-12(2)9-15(14)17;1-2/h4-6,9-10,16H,1,7-8,11H2,2-3H3;1-2H3/b13-10+;. The second-order valence-corrected chi connectivity index (χ2v) is 4.67. The quantitative estimate of drug-likeness (QED) is 0.877. The first-order valence-electron chi connectivity index (χ1n) is 7.08. The van der Waals surface area contributed by atoms with E-state index >= 15 is 0 Å². The lowest BCUT2D eigenvalue weighted by atomic mass is 10.1. The van der Waals surface area contributed by atoms with Crippen LogP contribution in [0.1, 0.15) is 31.9 Å². The molecule has 1 aliphatic heterocycles. The van der Waals surface area contributed by atoms with E-state index in [2.05, 4.69) is 48.8 Å². The van der Waals surface area contributed by atoms with Crippen molar-refractivity contribution < 1.29 is 0 Å². The van der Waals surface area contributed by atoms with E-state index in [0.717, 1.165) is 19.5 Å². The van der Waals surface area contributed by atoms with Gasteiger partial charge in [0.1, 0.15) is 0 Å². The minimum absolute atomic E-state index is 0.983. The van der Waals surface area contributed by atoms with E-state index in [9.17, 15) is 0 Å². The summed E-state index contributed by atoms with van der Waals surface area (Å²) in [6.07, 6.45) is 4.88. The maximum Gasteiger partial charge on any atom is 0.0405 e. The first-order chi connectivity index (χ1) is 9.20. The van der Waals surface area contributed by atoms with Crippen molar-refractivity contribution in [2.75, 3.05) is 18.0 Å². The topological polar surface area (TPSA) is 15.3 Å². The van der Waals surface area contributed by atoms with E-state index in [1.165, 1.54) is 22.4 Å². The molecule has 1 heterocycles. The van der Waals surface area contributed by atoms with Gasteiger partial charge < -0.3 is 10.2 Å². The molecular formula is C17H26N2.